The molecule has 2 bridgehead atoms. The minimum atomic E-state index is 0.0358. The maximum absolute atomic E-state index is 10.0. The first-order valence-electron chi connectivity index (χ1n) is 4.06. The Balaban J connectivity index is 1.97. The van der Waals surface area contributed by atoms with Gasteiger partial charge in [0, 0.05) is 6.42 Å². The number of fused-ring (bicyclic) bond motifs is 2. The molecule has 2 heterocycles. The minimum absolute atomic E-state index is 0.0358. The standard InChI is InChI=1S/C8H12O3/c1-5-2-8-7(10-4-9)3-6(5)11-8/h4-8H,2-3H2,1H3. The molecule has 62 valence electrons. The van der Waals surface area contributed by atoms with E-state index in [0.29, 0.717) is 18.5 Å². The van der Waals surface area contributed by atoms with Gasteiger partial charge in [0.1, 0.15) is 6.10 Å². The van der Waals surface area contributed by atoms with Crippen molar-refractivity contribution in [2.24, 2.45) is 5.92 Å². The Kier molecular flexibility index (Phi) is 1.60. The molecule has 0 spiro atoms. The van der Waals surface area contributed by atoms with Gasteiger partial charge in [-0.05, 0) is 12.3 Å². The van der Waals surface area contributed by atoms with Gasteiger partial charge in [-0.15, -0.1) is 0 Å². The van der Waals surface area contributed by atoms with Crippen LogP contribution in [0.2, 0.25) is 0 Å². The van der Waals surface area contributed by atoms with Gasteiger partial charge >= 0.3 is 0 Å². The monoisotopic (exact) mass is 156 g/mol. The van der Waals surface area contributed by atoms with Crippen LogP contribution in [0.5, 0.6) is 0 Å². The summed E-state index contributed by atoms with van der Waals surface area (Å²) in [6, 6.07) is 0. The summed E-state index contributed by atoms with van der Waals surface area (Å²) < 4.78 is 10.4. The van der Waals surface area contributed by atoms with Crippen molar-refractivity contribution >= 4 is 6.47 Å². The van der Waals surface area contributed by atoms with Crippen molar-refractivity contribution in [3.05, 3.63) is 0 Å². The number of carbonyl (C=O) groups excluding carboxylic acids is 1. The number of hydrogen-bond acceptors (Lipinski definition) is 3. The second-order valence-corrected chi connectivity index (χ2v) is 3.43. The zero-order chi connectivity index (χ0) is 7.84. The van der Waals surface area contributed by atoms with E-state index in [0.717, 1.165) is 12.8 Å². The maximum atomic E-state index is 10.0. The molecule has 0 aliphatic carbocycles. The van der Waals surface area contributed by atoms with Gasteiger partial charge in [0.25, 0.3) is 6.47 Å². The van der Waals surface area contributed by atoms with Crippen LogP contribution in [-0.4, -0.2) is 24.8 Å². The molecule has 0 aromatic rings. The van der Waals surface area contributed by atoms with E-state index in [9.17, 15) is 4.79 Å². The van der Waals surface area contributed by atoms with E-state index in [1.54, 1.807) is 0 Å². The molecule has 3 nitrogen and oxygen atoms in total. The topological polar surface area (TPSA) is 35.5 Å². The number of rotatable bonds is 2. The summed E-state index contributed by atoms with van der Waals surface area (Å²) in [7, 11) is 0. The highest BCUT2D eigenvalue weighted by Crippen LogP contribution is 2.39. The third-order valence-corrected chi connectivity index (χ3v) is 2.70. The molecule has 4 atom stereocenters. The zero-order valence-corrected chi connectivity index (χ0v) is 6.53. The number of hydrogen-bond donors (Lipinski definition) is 0. The fourth-order valence-corrected chi connectivity index (χ4v) is 2.05. The van der Waals surface area contributed by atoms with Crippen LogP contribution in [0.25, 0.3) is 0 Å². The van der Waals surface area contributed by atoms with Crippen molar-refractivity contribution in [2.75, 3.05) is 0 Å². The molecule has 4 unspecified atom stereocenters. The predicted molar refractivity (Wildman–Crippen MR) is 38.0 cm³/mol. The third kappa shape index (κ3) is 1.03. The van der Waals surface area contributed by atoms with Gasteiger partial charge in [0.05, 0.1) is 12.2 Å². The predicted octanol–water partition coefficient (Wildman–Crippen LogP) is 0.725. The molecule has 2 rings (SSSR count). The van der Waals surface area contributed by atoms with Crippen molar-refractivity contribution in [2.45, 2.75) is 38.1 Å². The fraction of sp³-hybridized carbons (Fsp3) is 0.875. The van der Waals surface area contributed by atoms with Gasteiger partial charge in [-0.25, -0.2) is 0 Å². The molecular weight excluding hydrogens is 144 g/mol. The van der Waals surface area contributed by atoms with Crippen LogP contribution in [0.1, 0.15) is 19.8 Å². The smallest absolute Gasteiger partial charge is 0.293 e. The van der Waals surface area contributed by atoms with Crippen LogP contribution in [0.15, 0.2) is 0 Å². The Hall–Kier alpha value is -0.570. The summed E-state index contributed by atoms with van der Waals surface area (Å²) in [4.78, 5) is 10.0. The van der Waals surface area contributed by atoms with Crippen molar-refractivity contribution in [3.8, 4) is 0 Å². The normalized spacial score (nSPS) is 47.7. The molecule has 0 amide bonds. The molecule has 11 heavy (non-hydrogen) atoms. The van der Waals surface area contributed by atoms with E-state index in [-0.39, 0.29) is 12.2 Å². The highest BCUT2D eigenvalue weighted by molar-refractivity contribution is 5.37. The van der Waals surface area contributed by atoms with Crippen LogP contribution in [0.3, 0.4) is 0 Å². The highest BCUT2D eigenvalue weighted by Gasteiger charge is 2.46. The molecule has 0 N–H and O–H groups in total. The Bertz CT molecular complexity index is 167. The summed E-state index contributed by atoms with van der Waals surface area (Å²) in [5, 5.41) is 0. The van der Waals surface area contributed by atoms with Crippen molar-refractivity contribution in [1.29, 1.82) is 0 Å². The first kappa shape index (κ1) is 7.10. The molecule has 0 aromatic heterocycles. The SMILES string of the molecule is CC1CC2OC1CC2OC=O. The van der Waals surface area contributed by atoms with Crippen LogP contribution in [0.4, 0.5) is 0 Å². The second-order valence-electron chi connectivity index (χ2n) is 3.43. The van der Waals surface area contributed by atoms with Crippen molar-refractivity contribution in [1.82, 2.24) is 0 Å². The lowest BCUT2D eigenvalue weighted by molar-refractivity contribution is -0.136. The van der Waals surface area contributed by atoms with Gasteiger partial charge in [-0.2, -0.15) is 0 Å². The van der Waals surface area contributed by atoms with E-state index in [1.807, 2.05) is 0 Å². The first-order chi connectivity index (χ1) is 5.31. The lowest BCUT2D eigenvalue weighted by atomic mass is 9.89. The van der Waals surface area contributed by atoms with E-state index in [1.165, 1.54) is 0 Å². The van der Waals surface area contributed by atoms with E-state index in [4.69, 9.17) is 9.47 Å². The molecule has 2 saturated heterocycles. The lowest BCUT2D eigenvalue weighted by Crippen LogP contribution is -2.28. The van der Waals surface area contributed by atoms with E-state index in [2.05, 4.69) is 6.92 Å². The number of ether oxygens (including phenoxy) is 2. The Morgan fingerprint density at radius 2 is 2.27 bits per heavy atom. The maximum Gasteiger partial charge on any atom is 0.293 e. The number of carbonyl (C=O) groups is 1. The summed E-state index contributed by atoms with van der Waals surface area (Å²) >= 11 is 0. The first-order valence-corrected chi connectivity index (χ1v) is 4.06. The van der Waals surface area contributed by atoms with Crippen LogP contribution in [-0.2, 0) is 14.3 Å². The largest absolute Gasteiger partial charge is 0.462 e. The molecule has 3 heteroatoms. The second kappa shape index (κ2) is 2.48. The van der Waals surface area contributed by atoms with Gasteiger partial charge in [0.2, 0.25) is 0 Å². The molecule has 0 aromatic carbocycles. The Morgan fingerprint density at radius 1 is 1.45 bits per heavy atom. The molecule has 2 aliphatic heterocycles. The summed E-state index contributed by atoms with van der Waals surface area (Å²) in [6.45, 7) is 2.71. The Labute approximate surface area is 65.7 Å². The summed E-state index contributed by atoms with van der Waals surface area (Å²) in [6.07, 6.45) is 2.49. The Morgan fingerprint density at radius 3 is 2.73 bits per heavy atom. The molecular formula is C8H12O3. The van der Waals surface area contributed by atoms with E-state index >= 15 is 0 Å². The minimum Gasteiger partial charge on any atom is -0.462 e. The third-order valence-electron chi connectivity index (χ3n) is 2.70. The molecule has 2 fully saturated rings. The highest BCUT2D eigenvalue weighted by atomic mass is 16.6. The lowest BCUT2D eigenvalue weighted by Gasteiger charge is -2.19. The summed E-state index contributed by atoms with van der Waals surface area (Å²) in [5.41, 5.74) is 0. The van der Waals surface area contributed by atoms with Crippen LogP contribution >= 0.6 is 0 Å². The van der Waals surface area contributed by atoms with Gasteiger partial charge in [0.15, 0.2) is 0 Å². The molecule has 0 saturated carbocycles. The molecule has 2 aliphatic rings. The average Bonchev–Trinajstić information content (AvgIpc) is 2.47. The molecule has 0 radical (unpaired) electrons. The average molecular weight is 156 g/mol. The van der Waals surface area contributed by atoms with Crippen molar-refractivity contribution < 1.29 is 14.3 Å². The van der Waals surface area contributed by atoms with Gasteiger partial charge in [-0.3, -0.25) is 4.79 Å². The van der Waals surface area contributed by atoms with Crippen LogP contribution in [0, 0.1) is 5.92 Å². The van der Waals surface area contributed by atoms with Crippen molar-refractivity contribution in [3.63, 3.8) is 0 Å². The zero-order valence-electron chi connectivity index (χ0n) is 6.53. The van der Waals surface area contributed by atoms with Crippen LogP contribution < -0.4 is 0 Å². The summed E-state index contributed by atoms with van der Waals surface area (Å²) in [5.74, 6) is 0.645. The van der Waals surface area contributed by atoms with Gasteiger partial charge < -0.3 is 9.47 Å². The quantitative estimate of drug-likeness (QED) is 0.553. The van der Waals surface area contributed by atoms with E-state index < -0.39 is 0 Å². The fourth-order valence-electron chi connectivity index (χ4n) is 2.05. The van der Waals surface area contributed by atoms with Gasteiger partial charge in [-0.1, -0.05) is 6.92 Å².